The summed E-state index contributed by atoms with van der Waals surface area (Å²) < 4.78 is 0. The van der Waals surface area contributed by atoms with Crippen LogP contribution in [0.4, 0.5) is 0 Å². The molecule has 1 heteroatoms. The van der Waals surface area contributed by atoms with Crippen molar-refractivity contribution in [2.45, 2.75) is 46.1 Å². The lowest BCUT2D eigenvalue weighted by Crippen LogP contribution is -2.38. The topological polar surface area (TPSA) is 20.2 Å². The van der Waals surface area contributed by atoms with Gasteiger partial charge in [0.25, 0.3) is 0 Å². The Morgan fingerprint density at radius 3 is 2.09 bits per heavy atom. The van der Waals surface area contributed by atoms with Gasteiger partial charge in [-0.1, -0.05) is 27.2 Å². The normalized spacial score (nSPS) is 33.5. The minimum absolute atomic E-state index is 0.0161. The molecule has 0 bridgehead atoms. The third-order valence-corrected chi connectivity index (χ3v) is 3.17. The summed E-state index contributed by atoms with van der Waals surface area (Å²) in [4.78, 5) is 0. The van der Waals surface area contributed by atoms with Gasteiger partial charge in [-0.25, -0.2) is 0 Å². The summed E-state index contributed by atoms with van der Waals surface area (Å²) in [6.45, 7) is 6.76. The fraction of sp³-hybridized carbons (Fsp3) is 1.00. The van der Waals surface area contributed by atoms with Crippen LogP contribution in [0.1, 0.15) is 40.0 Å². The van der Waals surface area contributed by atoms with Crippen LogP contribution in [0.2, 0.25) is 0 Å². The number of hydrogen-bond acceptors (Lipinski definition) is 1. The van der Waals surface area contributed by atoms with Crippen molar-refractivity contribution in [3.05, 3.63) is 0 Å². The Labute approximate surface area is 69.8 Å². The summed E-state index contributed by atoms with van der Waals surface area (Å²) in [6, 6.07) is 0. The Bertz CT molecular complexity index is 120. The van der Waals surface area contributed by atoms with Crippen LogP contribution >= 0.6 is 0 Å². The SMILES string of the molecule is CCC(C(C)C)C1CCC1O. The highest BCUT2D eigenvalue weighted by Crippen LogP contribution is 2.38. The summed E-state index contributed by atoms with van der Waals surface area (Å²) in [7, 11) is 0. The molecule has 0 heterocycles. The molecule has 0 spiro atoms. The van der Waals surface area contributed by atoms with Crippen molar-refractivity contribution in [1.29, 1.82) is 0 Å². The molecule has 1 aliphatic carbocycles. The number of hydrogen-bond donors (Lipinski definition) is 1. The zero-order valence-electron chi connectivity index (χ0n) is 7.88. The van der Waals surface area contributed by atoms with Gasteiger partial charge in [0.05, 0.1) is 6.10 Å². The standard InChI is InChI=1S/C10H20O/c1-4-8(7(2)3)9-5-6-10(9)11/h7-11H,4-6H2,1-3H3. The van der Waals surface area contributed by atoms with Crippen LogP contribution in [0, 0.1) is 17.8 Å². The van der Waals surface area contributed by atoms with Crippen molar-refractivity contribution in [1.82, 2.24) is 0 Å². The first-order valence-electron chi connectivity index (χ1n) is 4.84. The van der Waals surface area contributed by atoms with E-state index >= 15 is 0 Å². The van der Waals surface area contributed by atoms with Gasteiger partial charge in [-0.15, -0.1) is 0 Å². The number of aliphatic hydroxyl groups is 1. The second kappa shape index (κ2) is 3.57. The highest BCUT2D eigenvalue weighted by atomic mass is 16.3. The van der Waals surface area contributed by atoms with Crippen molar-refractivity contribution in [2.24, 2.45) is 17.8 Å². The van der Waals surface area contributed by atoms with Crippen LogP contribution in [-0.4, -0.2) is 11.2 Å². The summed E-state index contributed by atoms with van der Waals surface area (Å²) in [5.41, 5.74) is 0. The predicted octanol–water partition coefficient (Wildman–Crippen LogP) is 2.44. The quantitative estimate of drug-likeness (QED) is 0.665. The lowest BCUT2D eigenvalue weighted by Gasteiger charge is -2.40. The Kier molecular flexibility index (Phi) is 2.94. The molecular weight excluding hydrogens is 136 g/mol. The summed E-state index contributed by atoms with van der Waals surface area (Å²) in [6.07, 6.45) is 3.52. The fourth-order valence-corrected chi connectivity index (χ4v) is 2.28. The maximum absolute atomic E-state index is 9.46. The maximum atomic E-state index is 9.46. The maximum Gasteiger partial charge on any atom is 0.0571 e. The van der Waals surface area contributed by atoms with Crippen molar-refractivity contribution in [3.63, 3.8) is 0 Å². The van der Waals surface area contributed by atoms with E-state index in [1.807, 2.05) is 0 Å². The molecule has 0 aromatic heterocycles. The first-order chi connectivity index (χ1) is 5.16. The average molecular weight is 156 g/mol. The summed E-state index contributed by atoms with van der Waals surface area (Å²) >= 11 is 0. The molecule has 0 aliphatic heterocycles. The van der Waals surface area contributed by atoms with Gasteiger partial charge in [0.2, 0.25) is 0 Å². The molecular formula is C10H20O. The van der Waals surface area contributed by atoms with Crippen LogP contribution in [0.25, 0.3) is 0 Å². The Morgan fingerprint density at radius 2 is 2.00 bits per heavy atom. The molecule has 1 N–H and O–H groups in total. The minimum atomic E-state index is 0.0161. The van der Waals surface area contributed by atoms with E-state index in [9.17, 15) is 5.11 Å². The van der Waals surface area contributed by atoms with Crippen LogP contribution in [-0.2, 0) is 0 Å². The van der Waals surface area contributed by atoms with E-state index in [0.29, 0.717) is 5.92 Å². The molecule has 0 saturated heterocycles. The first kappa shape index (κ1) is 9.05. The molecule has 66 valence electrons. The second-order valence-corrected chi connectivity index (χ2v) is 4.12. The van der Waals surface area contributed by atoms with Crippen LogP contribution in [0.5, 0.6) is 0 Å². The summed E-state index contributed by atoms with van der Waals surface area (Å²) in [5, 5.41) is 9.46. The molecule has 3 atom stereocenters. The van der Waals surface area contributed by atoms with Gasteiger partial charge in [-0.05, 0) is 30.6 Å². The third kappa shape index (κ3) is 1.76. The predicted molar refractivity (Wildman–Crippen MR) is 47.3 cm³/mol. The first-order valence-corrected chi connectivity index (χ1v) is 4.84. The average Bonchev–Trinajstić information content (AvgIpc) is 1.96. The molecule has 1 fully saturated rings. The Balaban J connectivity index is 2.41. The van der Waals surface area contributed by atoms with Crippen LogP contribution in [0.15, 0.2) is 0 Å². The van der Waals surface area contributed by atoms with E-state index in [-0.39, 0.29) is 6.10 Å². The molecule has 0 aromatic rings. The molecule has 0 amide bonds. The zero-order valence-corrected chi connectivity index (χ0v) is 7.88. The molecule has 1 saturated carbocycles. The third-order valence-electron chi connectivity index (χ3n) is 3.17. The monoisotopic (exact) mass is 156 g/mol. The number of rotatable bonds is 3. The highest BCUT2D eigenvalue weighted by Gasteiger charge is 2.35. The van der Waals surface area contributed by atoms with Crippen molar-refractivity contribution in [2.75, 3.05) is 0 Å². The lowest BCUT2D eigenvalue weighted by molar-refractivity contribution is -0.0235. The van der Waals surface area contributed by atoms with Gasteiger partial charge in [0, 0.05) is 0 Å². The van der Waals surface area contributed by atoms with Gasteiger partial charge in [-0.3, -0.25) is 0 Å². The summed E-state index contributed by atoms with van der Waals surface area (Å²) in [5.74, 6) is 2.10. The van der Waals surface area contributed by atoms with Crippen molar-refractivity contribution >= 4 is 0 Å². The van der Waals surface area contributed by atoms with Gasteiger partial charge >= 0.3 is 0 Å². The Hall–Kier alpha value is -0.0400. The highest BCUT2D eigenvalue weighted by molar-refractivity contribution is 4.86. The molecule has 1 nitrogen and oxygen atoms in total. The molecule has 11 heavy (non-hydrogen) atoms. The zero-order chi connectivity index (χ0) is 8.43. The lowest BCUT2D eigenvalue weighted by atomic mass is 9.68. The Morgan fingerprint density at radius 1 is 1.36 bits per heavy atom. The minimum Gasteiger partial charge on any atom is -0.393 e. The largest absolute Gasteiger partial charge is 0.393 e. The van der Waals surface area contributed by atoms with Crippen LogP contribution in [0.3, 0.4) is 0 Å². The van der Waals surface area contributed by atoms with E-state index in [1.54, 1.807) is 0 Å². The van der Waals surface area contributed by atoms with Gasteiger partial charge < -0.3 is 5.11 Å². The van der Waals surface area contributed by atoms with Crippen molar-refractivity contribution < 1.29 is 5.11 Å². The molecule has 1 aliphatic rings. The van der Waals surface area contributed by atoms with E-state index in [1.165, 1.54) is 12.8 Å². The van der Waals surface area contributed by atoms with Crippen LogP contribution < -0.4 is 0 Å². The molecule has 3 unspecified atom stereocenters. The van der Waals surface area contributed by atoms with Crippen molar-refractivity contribution in [3.8, 4) is 0 Å². The fourth-order valence-electron chi connectivity index (χ4n) is 2.28. The van der Waals surface area contributed by atoms with E-state index in [4.69, 9.17) is 0 Å². The molecule has 0 radical (unpaired) electrons. The smallest absolute Gasteiger partial charge is 0.0571 e. The van der Waals surface area contributed by atoms with Gasteiger partial charge in [0.1, 0.15) is 0 Å². The van der Waals surface area contributed by atoms with Gasteiger partial charge in [0.15, 0.2) is 0 Å². The van der Waals surface area contributed by atoms with E-state index in [0.717, 1.165) is 18.3 Å². The van der Waals surface area contributed by atoms with E-state index in [2.05, 4.69) is 20.8 Å². The second-order valence-electron chi connectivity index (χ2n) is 4.12. The van der Waals surface area contributed by atoms with Gasteiger partial charge in [-0.2, -0.15) is 0 Å². The molecule has 0 aromatic carbocycles. The number of aliphatic hydroxyl groups excluding tert-OH is 1. The van der Waals surface area contributed by atoms with E-state index < -0.39 is 0 Å². The molecule has 1 rings (SSSR count).